The average molecular weight is 296 g/mol. The summed E-state index contributed by atoms with van der Waals surface area (Å²) in [5, 5.41) is 9.62. The monoisotopic (exact) mass is 296 g/mol. The van der Waals surface area contributed by atoms with Crippen molar-refractivity contribution in [2.45, 2.75) is 51.9 Å². The van der Waals surface area contributed by atoms with Crippen LogP contribution in [-0.2, 0) is 11.2 Å². The van der Waals surface area contributed by atoms with E-state index >= 15 is 0 Å². The first kappa shape index (κ1) is 15.9. The van der Waals surface area contributed by atoms with E-state index in [0.29, 0.717) is 24.3 Å². The number of carboxylic acids is 1. The molecule has 0 heterocycles. The first-order chi connectivity index (χ1) is 9.97. The standard InChI is InChI=1S/C17H22F2O2/c1-2-3-12-6-8-17(9-7-12,16(20)21)11-13-4-5-14(18)15(19)10-13/h4-5,10,12H,2-3,6-9,11H2,1H3,(H,20,21). The van der Waals surface area contributed by atoms with E-state index in [0.717, 1.165) is 37.8 Å². The van der Waals surface area contributed by atoms with Crippen molar-refractivity contribution in [3.8, 4) is 0 Å². The summed E-state index contributed by atoms with van der Waals surface area (Å²) >= 11 is 0. The summed E-state index contributed by atoms with van der Waals surface area (Å²) in [6.07, 6.45) is 5.58. The lowest BCUT2D eigenvalue weighted by Gasteiger charge is -2.37. The van der Waals surface area contributed by atoms with E-state index in [1.807, 2.05) is 0 Å². The number of hydrogen-bond acceptors (Lipinski definition) is 1. The van der Waals surface area contributed by atoms with Gasteiger partial charge in [0.05, 0.1) is 5.41 Å². The third-order valence-corrected chi connectivity index (χ3v) is 4.74. The highest BCUT2D eigenvalue weighted by atomic mass is 19.2. The van der Waals surface area contributed by atoms with Gasteiger partial charge in [-0.3, -0.25) is 4.79 Å². The molecule has 0 saturated heterocycles. The molecule has 1 aromatic carbocycles. The number of benzene rings is 1. The Hall–Kier alpha value is -1.45. The maximum atomic E-state index is 13.3. The van der Waals surface area contributed by atoms with Crippen molar-refractivity contribution in [1.29, 1.82) is 0 Å². The van der Waals surface area contributed by atoms with E-state index in [2.05, 4.69) is 6.92 Å². The second-order valence-corrected chi connectivity index (χ2v) is 6.24. The van der Waals surface area contributed by atoms with Crippen LogP contribution in [-0.4, -0.2) is 11.1 Å². The number of halogens is 2. The van der Waals surface area contributed by atoms with Gasteiger partial charge in [0.15, 0.2) is 11.6 Å². The molecule has 2 nitrogen and oxygen atoms in total. The van der Waals surface area contributed by atoms with Gasteiger partial charge >= 0.3 is 5.97 Å². The van der Waals surface area contributed by atoms with Gasteiger partial charge in [-0.15, -0.1) is 0 Å². The van der Waals surface area contributed by atoms with Crippen molar-refractivity contribution < 1.29 is 18.7 Å². The normalized spacial score (nSPS) is 25.8. The second kappa shape index (κ2) is 6.54. The van der Waals surface area contributed by atoms with Gasteiger partial charge in [-0.05, 0) is 55.7 Å². The van der Waals surface area contributed by atoms with Gasteiger partial charge in [-0.2, -0.15) is 0 Å². The van der Waals surface area contributed by atoms with Gasteiger partial charge in [0, 0.05) is 0 Å². The molecule has 21 heavy (non-hydrogen) atoms. The Balaban J connectivity index is 2.12. The van der Waals surface area contributed by atoms with Crippen molar-refractivity contribution in [3.05, 3.63) is 35.4 Å². The van der Waals surface area contributed by atoms with Crippen LogP contribution >= 0.6 is 0 Å². The summed E-state index contributed by atoms with van der Waals surface area (Å²) in [5.74, 6) is -2.02. The molecule has 1 aliphatic rings. The first-order valence-electron chi connectivity index (χ1n) is 7.64. The molecule has 116 valence electrons. The predicted octanol–water partition coefficient (Wildman–Crippen LogP) is 4.57. The van der Waals surface area contributed by atoms with E-state index < -0.39 is 23.0 Å². The molecule has 0 amide bonds. The van der Waals surface area contributed by atoms with Crippen molar-refractivity contribution in [2.24, 2.45) is 11.3 Å². The molecule has 1 aliphatic carbocycles. The highest BCUT2D eigenvalue weighted by Gasteiger charge is 2.41. The Morgan fingerprint density at radius 2 is 1.95 bits per heavy atom. The Labute approximate surface area is 124 Å². The summed E-state index contributed by atoms with van der Waals surface area (Å²) in [6.45, 7) is 2.14. The number of aliphatic carboxylic acids is 1. The van der Waals surface area contributed by atoms with Crippen LogP contribution in [0.25, 0.3) is 0 Å². The molecular weight excluding hydrogens is 274 g/mol. The Morgan fingerprint density at radius 3 is 2.48 bits per heavy atom. The van der Waals surface area contributed by atoms with Gasteiger partial charge < -0.3 is 5.11 Å². The fourth-order valence-corrected chi connectivity index (χ4v) is 3.43. The topological polar surface area (TPSA) is 37.3 Å². The predicted molar refractivity (Wildman–Crippen MR) is 77.0 cm³/mol. The molecule has 1 N–H and O–H groups in total. The zero-order chi connectivity index (χ0) is 15.5. The maximum absolute atomic E-state index is 13.3. The summed E-state index contributed by atoms with van der Waals surface area (Å²) in [5.41, 5.74) is -0.264. The minimum atomic E-state index is -0.910. The zero-order valence-electron chi connectivity index (χ0n) is 12.4. The molecule has 1 fully saturated rings. The van der Waals surface area contributed by atoms with Crippen LogP contribution in [0.2, 0.25) is 0 Å². The molecule has 0 atom stereocenters. The van der Waals surface area contributed by atoms with E-state index in [1.54, 1.807) is 0 Å². The quantitative estimate of drug-likeness (QED) is 0.864. The average Bonchev–Trinajstić information content (AvgIpc) is 2.45. The van der Waals surface area contributed by atoms with Crippen molar-refractivity contribution in [1.82, 2.24) is 0 Å². The smallest absolute Gasteiger partial charge is 0.309 e. The largest absolute Gasteiger partial charge is 0.481 e. The lowest BCUT2D eigenvalue weighted by atomic mass is 9.67. The zero-order valence-corrected chi connectivity index (χ0v) is 12.4. The molecule has 0 radical (unpaired) electrons. The number of carbonyl (C=O) groups is 1. The lowest BCUT2D eigenvalue weighted by molar-refractivity contribution is -0.151. The molecule has 0 unspecified atom stereocenters. The van der Waals surface area contributed by atoms with Gasteiger partial charge in [-0.25, -0.2) is 8.78 Å². The third kappa shape index (κ3) is 3.60. The van der Waals surface area contributed by atoms with Crippen LogP contribution in [0.15, 0.2) is 18.2 Å². The third-order valence-electron chi connectivity index (χ3n) is 4.74. The van der Waals surface area contributed by atoms with Gasteiger partial charge in [0.2, 0.25) is 0 Å². The van der Waals surface area contributed by atoms with E-state index in [-0.39, 0.29) is 6.42 Å². The van der Waals surface area contributed by atoms with E-state index in [4.69, 9.17) is 0 Å². The Morgan fingerprint density at radius 1 is 1.29 bits per heavy atom. The Bertz CT molecular complexity index is 506. The molecule has 4 heteroatoms. The highest BCUT2D eigenvalue weighted by molar-refractivity contribution is 5.75. The van der Waals surface area contributed by atoms with Gasteiger partial charge in [0.25, 0.3) is 0 Å². The fourth-order valence-electron chi connectivity index (χ4n) is 3.43. The van der Waals surface area contributed by atoms with E-state index in [1.165, 1.54) is 6.07 Å². The maximum Gasteiger partial charge on any atom is 0.309 e. The van der Waals surface area contributed by atoms with Crippen LogP contribution in [0.4, 0.5) is 8.78 Å². The second-order valence-electron chi connectivity index (χ2n) is 6.24. The summed E-state index contributed by atoms with van der Waals surface area (Å²) < 4.78 is 26.3. The first-order valence-corrected chi connectivity index (χ1v) is 7.64. The van der Waals surface area contributed by atoms with Crippen LogP contribution < -0.4 is 0 Å². The van der Waals surface area contributed by atoms with Crippen molar-refractivity contribution >= 4 is 5.97 Å². The van der Waals surface area contributed by atoms with E-state index in [9.17, 15) is 18.7 Å². The van der Waals surface area contributed by atoms with Crippen LogP contribution in [0.5, 0.6) is 0 Å². The molecule has 1 aromatic rings. The fraction of sp³-hybridized carbons (Fsp3) is 0.588. The number of rotatable bonds is 5. The van der Waals surface area contributed by atoms with Crippen molar-refractivity contribution in [3.63, 3.8) is 0 Å². The molecule has 0 spiro atoms. The number of carboxylic acid groups (broad SMARTS) is 1. The summed E-state index contributed by atoms with van der Waals surface area (Å²) in [6, 6.07) is 3.68. The molecular formula is C17H22F2O2. The number of hydrogen-bond donors (Lipinski definition) is 1. The molecule has 1 saturated carbocycles. The minimum absolute atomic E-state index is 0.276. The Kier molecular flexibility index (Phi) is 4.96. The van der Waals surface area contributed by atoms with Gasteiger partial charge in [-0.1, -0.05) is 25.8 Å². The molecule has 2 rings (SSSR count). The SMILES string of the molecule is CCCC1CCC(Cc2ccc(F)c(F)c2)(C(=O)O)CC1. The highest BCUT2D eigenvalue weighted by Crippen LogP contribution is 2.43. The molecule has 0 aromatic heterocycles. The summed E-state index contributed by atoms with van der Waals surface area (Å²) in [4.78, 5) is 11.7. The molecule has 0 bridgehead atoms. The van der Waals surface area contributed by atoms with Crippen LogP contribution in [0.1, 0.15) is 51.0 Å². The lowest BCUT2D eigenvalue weighted by Crippen LogP contribution is -2.37. The van der Waals surface area contributed by atoms with Crippen molar-refractivity contribution in [2.75, 3.05) is 0 Å². The van der Waals surface area contributed by atoms with Gasteiger partial charge in [0.1, 0.15) is 0 Å². The summed E-state index contributed by atoms with van der Waals surface area (Å²) in [7, 11) is 0. The minimum Gasteiger partial charge on any atom is -0.481 e. The van der Waals surface area contributed by atoms with Crippen LogP contribution in [0.3, 0.4) is 0 Å². The molecule has 0 aliphatic heterocycles. The van der Waals surface area contributed by atoms with Crippen LogP contribution in [0, 0.1) is 23.0 Å².